The Bertz CT molecular complexity index is 471. The van der Waals surface area contributed by atoms with E-state index in [4.69, 9.17) is 11.6 Å². The number of piperidine rings is 1. The van der Waals surface area contributed by atoms with E-state index in [-0.39, 0.29) is 17.0 Å². The molecular formula is C15H18ClF2NO2. The van der Waals surface area contributed by atoms with Crippen molar-refractivity contribution in [2.75, 3.05) is 13.1 Å². The number of hydrogen-bond donors (Lipinski definition) is 0. The van der Waals surface area contributed by atoms with Crippen LogP contribution in [0.2, 0.25) is 0 Å². The van der Waals surface area contributed by atoms with Crippen LogP contribution in [-0.4, -0.2) is 35.9 Å². The summed E-state index contributed by atoms with van der Waals surface area (Å²) in [6.07, 6.45) is 1.78. The van der Waals surface area contributed by atoms with Gasteiger partial charge in [0.25, 0.3) is 5.91 Å². The normalized spacial score (nSPS) is 17.9. The predicted molar refractivity (Wildman–Crippen MR) is 77.0 cm³/mol. The summed E-state index contributed by atoms with van der Waals surface area (Å²) in [6, 6.07) is 5.78. The number of ether oxygens (including phenoxy) is 1. The topological polar surface area (TPSA) is 29.5 Å². The molecule has 1 atom stereocenters. The number of nitrogens with zero attached hydrogens (tertiary/aromatic N) is 1. The second-order valence-electron chi connectivity index (χ2n) is 5.21. The fraction of sp³-hybridized carbons (Fsp3) is 0.533. The number of hydrogen-bond acceptors (Lipinski definition) is 2. The van der Waals surface area contributed by atoms with Crippen LogP contribution in [0, 0.1) is 5.92 Å². The number of likely N-dealkylation sites (tertiary alicyclic amines) is 1. The van der Waals surface area contributed by atoms with Crippen molar-refractivity contribution in [3.05, 3.63) is 29.8 Å². The van der Waals surface area contributed by atoms with E-state index in [9.17, 15) is 13.6 Å². The van der Waals surface area contributed by atoms with Gasteiger partial charge >= 0.3 is 6.61 Å². The first-order valence-corrected chi connectivity index (χ1v) is 7.39. The Labute approximate surface area is 127 Å². The lowest BCUT2D eigenvalue weighted by Gasteiger charge is -2.33. The van der Waals surface area contributed by atoms with Gasteiger partial charge in [0.1, 0.15) is 5.75 Å². The molecule has 1 heterocycles. The number of benzene rings is 1. The Kier molecular flexibility index (Phi) is 5.39. The highest BCUT2D eigenvalue weighted by Gasteiger charge is 2.26. The summed E-state index contributed by atoms with van der Waals surface area (Å²) < 4.78 is 28.4. The van der Waals surface area contributed by atoms with Gasteiger partial charge in [0.15, 0.2) is 0 Å². The number of carbonyl (C=O) groups excluding carboxylic acids is 1. The zero-order valence-electron chi connectivity index (χ0n) is 11.8. The van der Waals surface area contributed by atoms with Crippen molar-refractivity contribution in [2.45, 2.75) is 31.8 Å². The van der Waals surface area contributed by atoms with Crippen molar-refractivity contribution in [3.8, 4) is 5.75 Å². The van der Waals surface area contributed by atoms with Gasteiger partial charge in [-0.1, -0.05) is 0 Å². The average molecular weight is 318 g/mol. The van der Waals surface area contributed by atoms with E-state index >= 15 is 0 Å². The highest BCUT2D eigenvalue weighted by molar-refractivity contribution is 6.20. The summed E-state index contributed by atoms with van der Waals surface area (Å²) in [7, 11) is 0. The van der Waals surface area contributed by atoms with E-state index in [2.05, 4.69) is 4.74 Å². The Morgan fingerprint density at radius 1 is 1.29 bits per heavy atom. The van der Waals surface area contributed by atoms with Crippen LogP contribution in [0.25, 0.3) is 0 Å². The smallest absolute Gasteiger partial charge is 0.387 e. The summed E-state index contributed by atoms with van der Waals surface area (Å²) in [6.45, 7) is 0.472. The Morgan fingerprint density at radius 3 is 2.33 bits per heavy atom. The van der Waals surface area contributed by atoms with Crippen LogP contribution in [0.5, 0.6) is 5.75 Å². The molecule has 21 heavy (non-hydrogen) atoms. The highest BCUT2D eigenvalue weighted by atomic mass is 35.5. The van der Waals surface area contributed by atoms with Crippen LogP contribution < -0.4 is 4.74 Å². The molecule has 0 saturated carbocycles. The first-order chi connectivity index (χ1) is 9.97. The molecule has 0 radical (unpaired) electrons. The Hall–Kier alpha value is -1.36. The number of rotatable bonds is 4. The molecule has 2 rings (SSSR count). The summed E-state index contributed by atoms with van der Waals surface area (Å²) in [5, 5.41) is 0.119. The van der Waals surface area contributed by atoms with Crippen molar-refractivity contribution >= 4 is 17.5 Å². The van der Waals surface area contributed by atoms with Crippen LogP contribution in [0.3, 0.4) is 0 Å². The van der Waals surface area contributed by atoms with Crippen LogP contribution in [-0.2, 0) is 0 Å². The quantitative estimate of drug-likeness (QED) is 0.791. The van der Waals surface area contributed by atoms with Crippen molar-refractivity contribution in [1.29, 1.82) is 0 Å². The lowest BCUT2D eigenvalue weighted by molar-refractivity contribution is -0.0498. The number of alkyl halides is 3. The third-order valence-corrected chi connectivity index (χ3v) is 4.16. The first kappa shape index (κ1) is 16.0. The van der Waals surface area contributed by atoms with Crippen LogP contribution in [0.1, 0.15) is 30.1 Å². The van der Waals surface area contributed by atoms with Gasteiger partial charge in [0.05, 0.1) is 0 Å². The summed E-state index contributed by atoms with van der Waals surface area (Å²) >= 11 is 6.08. The monoisotopic (exact) mass is 317 g/mol. The molecule has 6 heteroatoms. The maximum Gasteiger partial charge on any atom is 0.387 e. The first-order valence-electron chi connectivity index (χ1n) is 6.95. The zero-order valence-corrected chi connectivity index (χ0v) is 12.5. The largest absolute Gasteiger partial charge is 0.435 e. The maximum atomic E-state index is 12.3. The molecule has 0 N–H and O–H groups in total. The van der Waals surface area contributed by atoms with Crippen molar-refractivity contribution in [2.24, 2.45) is 5.92 Å². The summed E-state index contributed by atoms with van der Waals surface area (Å²) in [5.74, 6) is 0.410. The van der Waals surface area contributed by atoms with E-state index in [1.54, 1.807) is 4.90 Å². The van der Waals surface area contributed by atoms with Gasteiger partial charge in [-0.25, -0.2) is 0 Å². The molecule has 1 aromatic rings. The van der Waals surface area contributed by atoms with Crippen molar-refractivity contribution in [3.63, 3.8) is 0 Å². The van der Waals surface area contributed by atoms with Gasteiger partial charge in [0.2, 0.25) is 0 Å². The number of carbonyl (C=O) groups is 1. The summed E-state index contributed by atoms with van der Waals surface area (Å²) in [4.78, 5) is 14.1. The van der Waals surface area contributed by atoms with E-state index < -0.39 is 6.61 Å². The molecule has 1 saturated heterocycles. The standard InChI is InChI=1S/C15H18ClF2NO2/c1-10(16)11-6-8-19(9-7-11)14(20)12-2-4-13(5-3-12)21-15(17)18/h2-5,10-11,15H,6-9H2,1H3. The van der Waals surface area contributed by atoms with E-state index in [0.717, 1.165) is 12.8 Å². The predicted octanol–water partition coefficient (Wildman–Crippen LogP) is 3.77. The fourth-order valence-electron chi connectivity index (χ4n) is 2.52. The van der Waals surface area contributed by atoms with Crippen LogP contribution in [0.4, 0.5) is 8.78 Å². The van der Waals surface area contributed by atoms with Gasteiger partial charge in [-0.15, -0.1) is 11.6 Å². The molecule has 116 valence electrons. The molecule has 1 unspecified atom stereocenters. The van der Waals surface area contributed by atoms with Gasteiger partial charge in [-0.3, -0.25) is 4.79 Å². The lowest BCUT2D eigenvalue weighted by atomic mass is 9.93. The molecule has 3 nitrogen and oxygen atoms in total. The molecule has 0 aliphatic carbocycles. The maximum absolute atomic E-state index is 12.3. The van der Waals surface area contributed by atoms with Gasteiger partial charge in [0, 0.05) is 24.0 Å². The minimum Gasteiger partial charge on any atom is -0.435 e. The second kappa shape index (κ2) is 7.07. The molecule has 1 amide bonds. The minimum atomic E-state index is -2.86. The lowest BCUT2D eigenvalue weighted by Crippen LogP contribution is -2.40. The van der Waals surface area contributed by atoms with E-state index in [1.165, 1.54) is 24.3 Å². The van der Waals surface area contributed by atoms with Crippen molar-refractivity contribution < 1.29 is 18.3 Å². The molecule has 1 aliphatic rings. The zero-order chi connectivity index (χ0) is 15.4. The molecule has 0 spiro atoms. The SMILES string of the molecule is CC(Cl)C1CCN(C(=O)c2ccc(OC(F)F)cc2)CC1. The van der Waals surface area contributed by atoms with E-state index in [1.807, 2.05) is 6.92 Å². The molecule has 1 aliphatic heterocycles. The molecular weight excluding hydrogens is 300 g/mol. The van der Waals surface area contributed by atoms with Crippen molar-refractivity contribution in [1.82, 2.24) is 4.90 Å². The van der Waals surface area contributed by atoms with Gasteiger partial charge < -0.3 is 9.64 Å². The molecule has 0 aromatic heterocycles. The van der Waals surface area contributed by atoms with E-state index in [0.29, 0.717) is 24.6 Å². The van der Waals surface area contributed by atoms with Crippen LogP contribution in [0.15, 0.2) is 24.3 Å². The second-order valence-corrected chi connectivity index (χ2v) is 5.90. The summed E-state index contributed by atoms with van der Waals surface area (Å²) in [5.41, 5.74) is 0.481. The minimum absolute atomic E-state index is 0.0521. The van der Waals surface area contributed by atoms with Crippen LogP contribution >= 0.6 is 11.6 Å². The average Bonchev–Trinajstić information content (AvgIpc) is 2.47. The highest BCUT2D eigenvalue weighted by Crippen LogP contribution is 2.25. The number of halogens is 3. The third kappa shape index (κ3) is 4.30. The van der Waals surface area contributed by atoms with Gasteiger partial charge in [-0.05, 0) is 49.9 Å². The number of amides is 1. The molecule has 0 bridgehead atoms. The third-order valence-electron chi connectivity index (χ3n) is 3.80. The molecule has 1 fully saturated rings. The Balaban J connectivity index is 1.94. The fourth-order valence-corrected chi connectivity index (χ4v) is 2.78. The Morgan fingerprint density at radius 2 is 1.86 bits per heavy atom. The van der Waals surface area contributed by atoms with Gasteiger partial charge in [-0.2, -0.15) is 8.78 Å². The molecule has 1 aromatic carbocycles.